The third-order valence-electron chi connectivity index (χ3n) is 9.19. The number of rotatable bonds is 18. The Kier molecular flexibility index (Phi) is 11.4. The zero-order valence-electron chi connectivity index (χ0n) is 25.2. The lowest BCUT2D eigenvalue weighted by Crippen LogP contribution is -2.59. The van der Waals surface area contributed by atoms with E-state index in [1.54, 1.807) is 15.9 Å². The number of likely N-dealkylation sites (tertiary alicyclic amines) is 1. The molecule has 6 atom stereocenters. The van der Waals surface area contributed by atoms with Gasteiger partial charge in [0.25, 0.3) is 0 Å². The van der Waals surface area contributed by atoms with Crippen molar-refractivity contribution in [2.45, 2.75) is 115 Å². The highest BCUT2D eigenvalue weighted by molar-refractivity contribution is 5.98. The van der Waals surface area contributed by atoms with Gasteiger partial charge in [-0.1, -0.05) is 52.7 Å². The van der Waals surface area contributed by atoms with Crippen molar-refractivity contribution in [2.75, 3.05) is 26.3 Å². The molecule has 226 valence electrons. The topological polar surface area (TPSA) is 96.4 Å². The van der Waals surface area contributed by atoms with Crippen molar-refractivity contribution in [3.63, 3.8) is 0 Å². The molecule has 3 rings (SSSR count). The van der Waals surface area contributed by atoms with Crippen LogP contribution >= 0.6 is 0 Å². The number of esters is 1. The van der Waals surface area contributed by atoms with E-state index >= 15 is 0 Å². The van der Waals surface area contributed by atoms with E-state index in [4.69, 9.17) is 9.47 Å². The van der Waals surface area contributed by atoms with Crippen LogP contribution in [-0.4, -0.2) is 82.3 Å². The molecule has 1 spiro atoms. The molecule has 0 saturated carbocycles. The molecule has 8 nitrogen and oxygen atoms in total. The normalized spacial score (nSPS) is 29.5. The molecule has 0 radical (unpaired) electrons. The summed E-state index contributed by atoms with van der Waals surface area (Å²) in [5, 5.41) is 10.5. The number of hydrogen-bond acceptors (Lipinski definition) is 6. The van der Waals surface area contributed by atoms with Crippen molar-refractivity contribution in [3.8, 4) is 0 Å². The van der Waals surface area contributed by atoms with Crippen LogP contribution in [0.5, 0.6) is 0 Å². The van der Waals surface area contributed by atoms with Crippen LogP contribution in [0.4, 0.5) is 0 Å². The molecule has 2 unspecified atom stereocenters. The fourth-order valence-electron chi connectivity index (χ4n) is 7.33. The molecular formula is C32H52N2O6. The zero-order valence-corrected chi connectivity index (χ0v) is 25.2. The Morgan fingerprint density at radius 1 is 1.18 bits per heavy atom. The number of carbonyl (C=O) groups excluding carboxylic acids is 3. The summed E-state index contributed by atoms with van der Waals surface area (Å²) in [5.41, 5.74) is -1.95. The summed E-state index contributed by atoms with van der Waals surface area (Å²) in [6, 6.07) is -1.44. The van der Waals surface area contributed by atoms with E-state index in [1.807, 2.05) is 26.8 Å². The van der Waals surface area contributed by atoms with Crippen LogP contribution in [0, 0.1) is 17.8 Å². The highest BCUT2D eigenvalue weighted by atomic mass is 16.6. The smallest absolute Gasteiger partial charge is 0.312 e. The first kappa shape index (κ1) is 32.3. The summed E-state index contributed by atoms with van der Waals surface area (Å²) in [4.78, 5) is 45.9. The van der Waals surface area contributed by atoms with E-state index in [2.05, 4.69) is 20.1 Å². The van der Waals surface area contributed by atoms with Gasteiger partial charge in [0.15, 0.2) is 0 Å². The number of ether oxygens (including phenoxy) is 2. The standard InChI is InChI=1S/C32H52N2O6/c1-7-11-13-15-20-39-30(38)26-25-28(36)34(24(22-35)21-23(5)6)27(32(25)17-16-31(26,10-4)40-32)29(37)33(18-9-3)19-14-12-8-2/h7,9,23-27,35H,1,3,8,10-22H2,2,4-6H3/t24-,25+,26-,27?,31+,32?/m1/s1. The first-order valence-electron chi connectivity index (χ1n) is 15.5. The van der Waals surface area contributed by atoms with E-state index in [1.165, 1.54) is 0 Å². The molecule has 8 heteroatoms. The van der Waals surface area contributed by atoms with Gasteiger partial charge in [-0.3, -0.25) is 14.4 Å². The minimum absolute atomic E-state index is 0.181. The average Bonchev–Trinajstić information content (AvgIpc) is 3.54. The number of unbranched alkanes of at least 4 members (excludes halogenated alkanes) is 4. The molecule has 0 aliphatic carbocycles. The number of aliphatic hydroxyl groups is 1. The van der Waals surface area contributed by atoms with E-state index in [0.717, 1.165) is 38.5 Å². The number of aliphatic hydroxyl groups excluding tert-OH is 1. The van der Waals surface area contributed by atoms with E-state index in [0.29, 0.717) is 38.8 Å². The van der Waals surface area contributed by atoms with Gasteiger partial charge in [-0.2, -0.15) is 0 Å². The summed E-state index contributed by atoms with van der Waals surface area (Å²) in [6.07, 6.45) is 11.1. The zero-order chi connectivity index (χ0) is 29.5. The summed E-state index contributed by atoms with van der Waals surface area (Å²) in [7, 11) is 0. The molecule has 1 N–H and O–H groups in total. The second kappa shape index (κ2) is 14.1. The highest BCUT2D eigenvalue weighted by Gasteiger charge is 2.79. The van der Waals surface area contributed by atoms with Crippen molar-refractivity contribution in [1.29, 1.82) is 0 Å². The first-order valence-corrected chi connectivity index (χ1v) is 15.5. The van der Waals surface area contributed by atoms with Gasteiger partial charge in [-0.15, -0.1) is 13.2 Å². The second-order valence-electron chi connectivity index (χ2n) is 12.3. The molecule has 2 bridgehead atoms. The maximum absolute atomic E-state index is 14.5. The van der Waals surface area contributed by atoms with Gasteiger partial charge in [-0.25, -0.2) is 0 Å². The molecule has 0 aromatic heterocycles. The summed E-state index contributed by atoms with van der Waals surface area (Å²) in [6.45, 7) is 16.7. The minimum atomic E-state index is -1.12. The third kappa shape index (κ3) is 6.03. The van der Waals surface area contributed by atoms with Gasteiger partial charge < -0.3 is 24.4 Å². The SMILES string of the molecule is C=CCCCCOC(=O)[C@H]1[C@H]2C(=O)N([C@@H](CO)CC(C)C)C(C(=O)N(CC=C)CCCCC)C23CC[C@]1(CC)O3. The summed E-state index contributed by atoms with van der Waals surface area (Å²) in [5.74, 6) is -2.25. The highest BCUT2D eigenvalue weighted by Crippen LogP contribution is 2.65. The van der Waals surface area contributed by atoms with Crippen LogP contribution in [0.1, 0.15) is 91.9 Å². The Hall–Kier alpha value is -2.19. The van der Waals surface area contributed by atoms with E-state index in [9.17, 15) is 19.5 Å². The monoisotopic (exact) mass is 560 g/mol. The lowest BCUT2D eigenvalue weighted by Gasteiger charge is -2.40. The van der Waals surface area contributed by atoms with Crippen molar-refractivity contribution >= 4 is 17.8 Å². The van der Waals surface area contributed by atoms with Crippen LogP contribution < -0.4 is 0 Å². The van der Waals surface area contributed by atoms with Gasteiger partial charge >= 0.3 is 5.97 Å². The van der Waals surface area contributed by atoms with Crippen molar-refractivity contribution in [1.82, 2.24) is 9.80 Å². The molecule has 40 heavy (non-hydrogen) atoms. The van der Waals surface area contributed by atoms with Crippen LogP contribution in [0.2, 0.25) is 0 Å². The number of hydrogen-bond donors (Lipinski definition) is 1. The maximum atomic E-state index is 14.5. The summed E-state index contributed by atoms with van der Waals surface area (Å²) >= 11 is 0. The summed E-state index contributed by atoms with van der Waals surface area (Å²) < 4.78 is 12.6. The van der Waals surface area contributed by atoms with Crippen molar-refractivity contribution < 1.29 is 29.0 Å². The van der Waals surface area contributed by atoms with Gasteiger partial charge in [-0.05, 0) is 57.3 Å². The number of amides is 2. The Labute approximate surface area is 241 Å². The third-order valence-corrected chi connectivity index (χ3v) is 9.19. The number of carbonyl (C=O) groups is 3. The van der Waals surface area contributed by atoms with Crippen LogP contribution in [0.15, 0.2) is 25.3 Å². The number of nitrogens with zero attached hydrogens (tertiary/aromatic N) is 2. The molecular weight excluding hydrogens is 508 g/mol. The fourth-order valence-corrected chi connectivity index (χ4v) is 7.33. The lowest BCUT2D eigenvalue weighted by molar-refractivity contribution is -0.164. The minimum Gasteiger partial charge on any atom is -0.465 e. The Morgan fingerprint density at radius 3 is 2.52 bits per heavy atom. The molecule has 3 aliphatic rings. The van der Waals surface area contributed by atoms with Gasteiger partial charge in [0.05, 0.1) is 30.8 Å². The van der Waals surface area contributed by atoms with Crippen LogP contribution in [-0.2, 0) is 23.9 Å². The molecule has 3 saturated heterocycles. The molecule has 0 aromatic rings. The van der Waals surface area contributed by atoms with Gasteiger partial charge in [0.2, 0.25) is 11.8 Å². The van der Waals surface area contributed by atoms with Crippen molar-refractivity contribution in [3.05, 3.63) is 25.3 Å². The first-order chi connectivity index (χ1) is 19.2. The molecule has 3 fully saturated rings. The lowest BCUT2D eigenvalue weighted by atomic mass is 9.65. The molecule has 3 heterocycles. The van der Waals surface area contributed by atoms with Gasteiger partial charge in [0.1, 0.15) is 17.6 Å². The van der Waals surface area contributed by atoms with Crippen molar-refractivity contribution in [2.24, 2.45) is 17.8 Å². The average molecular weight is 561 g/mol. The van der Waals surface area contributed by atoms with Gasteiger partial charge in [0, 0.05) is 13.1 Å². The van der Waals surface area contributed by atoms with Crippen LogP contribution in [0.3, 0.4) is 0 Å². The quantitative estimate of drug-likeness (QED) is 0.149. The Bertz CT molecular complexity index is 921. The fraction of sp³-hybridized carbons (Fsp3) is 0.781. The Morgan fingerprint density at radius 2 is 1.93 bits per heavy atom. The largest absolute Gasteiger partial charge is 0.465 e. The van der Waals surface area contributed by atoms with Crippen LogP contribution in [0.25, 0.3) is 0 Å². The Balaban J connectivity index is 2.03. The molecule has 3 aliphatic heterocycles. The second-order valence-corrected chi connectivity index (χ2v) is 12.3. The number of allylic oxidation sites excluding steroid dienone is 1. The predicted octanol–water partition coefficient (Wildman–Crippen LogP) is 4.65. The molecule has 2 amide bonds. The molecule has 0 aromatic carbocycles. The van der Waals surface area contributed by atoms with E-state index < -0.39 is 41.1 Å². The predicted molar refractivity (Wildman–Crippen MR) is 155 cm³/mol. The number of fused-ring (bicyclic) bond motifs is 1. The van der Waals surface area contributed by atoms with E-state index in [-0.39, 0.29) is 30.9 Å². The maximum Gasteiger partial charge on any atom is 0.312 e.